The second kappa shape index (κ2) is 6.39. The van der Waals surface area contributed by atoms with Gasteiger partial charge in [-0.15, -0.1) is 0 Å². The van der Waals surface area contributed by atoms with Crippen LogP contribution in [0, 0.1) is 11.6 Å². The van der Waals surface area contributed by atoms with E-state index in [1.165, 1.54) is 29.2 Å². The smallest absolute Gasteiger partial charge is 0.255 e. The van der Waals surface area contributed by atoms with Crippen LogP contribution in [0.5, 0.6) is 0 Å². The number of nitrogens with zero attached hydrogens (tertiary/aromatic N) is 1. The van der Waals surface area contributed by atoms with Crippen molar-refractivity contribution in [2.45, 2.75) is 25.4 Å². The van der Waals surface area contributed by atoms with Crippen molar-refractivity contribution in [1.82, 2.24) is 4.90 Å². The molecule has 124 valence electrons. The molecule has 4 nitrogen and oxygen atoms in total. The Bertz CT molecular complexity index is 790. The number of nitrogens with two attached hydrogens (primary N) is 1. The summed E-state index contributed by atoms with van der Waals surface area (Å²) in [5.41, 5.74) is 6.52. The highest BCUT2D eigenvalue weighted by molar-refractivity contribution is 5.99. The molecule has 0 saturated heterocycles. The van der Waals surface area contributed by atoms with Crippen molar-refractivity contribution < 1.29 is 18.4 Å². The summed E-state index contributed by atoms with van der Waals surface area (Å²) in [7, 11) is 0. The van der Waals surface area contributed by atoms with Crippen LogP contribution in [-0.4, -0.2) is 16.7 Å². The van der Waals surface area contributed by atoms with Gasteiger partial charge >= 0.3 is 0 Å². The first kappa shape index (κ1) is 16.1. The van der Waals surface area contributed by atoms with E-state index in [1.807, 2.05) is 0 Å². The van der Waals surface area contributed by atoms with Crippen molar-refractivity contribution in [3.8, 4) is 0 Å². The summed E-state index contributed by atoms with van der Waals surface area (Å²) in [6.07, 6.45) is 0.293. The Kier molecular flexibility index (Phi) is 4.29. The number of carbonyl (C=O) groups excluding carboxylic acids is 2. The molecule has 0 radical (unpaired) electrons. The average Bonchev–Trinajstić information content (AvgIpc) is 2.81. The van der Waals surface area contributed by atoms with Crippen molar-refractivity contribution in [1.29, 1.82) is 0 Å². The molecular weight excluding hydrogens is 314 g/mol. The predicted molar refractivity (Wildman–Crippen MR) is 83.8 cm³/mol. The standard InChI is InChI=1S/C18H16F2N2O2/c19-12-6-4-11(5-7-12)10-22-15(8-9-16(21)23)17-13(18(22)24)2-1-3-14(17)20/h1-7,15H,8-10H2,(H2,21,23). The lowest BCUT2D eigenvalue weighted by Crippen LogP contribution is -2.28. The Morgan fingerprint density at radius 3 is 2.50 bits per heavy atom. The van der Waals surface area contributed by atoms with Gasteiger partial charge in [-0.2, -0.15) is 0 Å². The van der Waals surface area contributed by atoms with Crippen LogP contribution in [0.1, 0.15) is 40.4 Å². The maximum absolute atomic E-state index is 14.3. The van der Waals surface area contributed by atoms with Crippen LogP contribution in [-0.2, 0) is 11.3 Å². The van der Waals surface area contributed by atoms with Gasteiger partial charge < -0.3 is 10.6 Å². The topological polar surface area (TPSA) is 63.4 Å². The highest BCUT2D eigenvalue weighted by Crippen LogP contribution is 2.39. The van der Waals surface area contributed by atoms with E-state index in [-0.39, 0.29) is 31.1 Å². The van der Waals surface area contributed by atoms with Crippen molar-refractivity contribution >= 4 is 11.8 Å². The molecule has 0 spiro atoms. The maximum Gasteiger partial charge on any atom is 0.255 e. The fraction of sp³-hybridized carbons (Fsp3) is 0.222. The molecule has 0 aromatic heterocycles. The summed E-state index contributed by atoms with van der Waals surface area (Å²) in [6, 6.07) is 9.56. The van der Waals surface area contributed by atoms with Crippen molar-refractivity contribution in [3.05, 3.63) is 70.8 Å². The lowest BCUT2D eigenvalue weighted by molar-refractivity contribution is -0.118. The monoisotopic (exact) mass is 330 g/mol. The van der Waals surface area contributed by atoms with Crippen molar-refractivity contribution in [2.75, 3.05) is 0 Å². The fourth-order valence-corrected chi connectivity index (χ4v) is 3.06. The summed E-state index contributed by atoms with van der Waals surface area (Å²) >= 11 is 0. The number of hydrogen-bond donors (Lipinski definition) is 1. The highest BCUT2D eigenvalue weighted by Gasteiger charge is 2.38. The van der Waals surface area contributed by atoms with Gasteiger partial charge in [0, 0.05) is 24.1 Å². The van der Waals surface area contributed by atoms with Crippen LogP contribution >= 0.6 is 0 Å². The lowest BCUT2D eigenvalue weighted by Gasteiger charge is -2.25. The number of rotatable bonds is 5. The van der Waals surface area contributed by atoms with E-state index in [2.05, 4.69) is 0 Å². The molecule has 1 atom stereocenters. The molecular formula is C18H16F2N2O2. The minimum Gasteiger partial charge on any atom is -0.370 e. The van der Waals surface area contributed by atoms with Crippen LogP contribution in [0.25, 0.3) is 0 Å². The number of primary amides is 1. The third-order valence-corrected chi connectivity index (χ3v) is 4.18. The van der Waals surface area contributed by atoms with Crippen LogP contribution in [0.4, 0.5) is 8.78 Å². The van der Waals surface area contributed by atoms with Crippen molar-refractivity contribution in [3.63, 3.8) is 0 Å². The predicted octanol–water partition coefficient (Wildman–Crippen LogP) is 2.93. The highest BCUT2D eigenvalue weighted by atomic mass is 19.1. The van der Waals surface area contributed by atoms with Crippen molar-refractivity contribution in [2.24, 2.45) is 5.73 Å². The zero-order chi connectivity index (χ0) is 17.3. The van der Waals surface area contributed by atoms with E-state index in [9.17, 15) is 18.4 Å². The Morgan fingerprint density at radius 2 is 1.83 bits per heavy atom. The van der Waals surface area contributed by atoms with E-state index in [1.54, 1.807) is 18.2 Å². The molecule has 2 aromatic carbocycles. The van der Waals surface area contributed by atoms with Gasteiger partial charge in [0.2, 0.25) is 5.91 Å². The van der Waals surface area contributed by atoms with Crippen LogP contribution in [0.15, 0.2) is 42.5 Å². The summed E-state index contributed by atoms with van der Waals surface area (Å²) in [5, 5.41) is 0. The third-order valence-electron chi connectivity index (χ3n) is 4.18. The first-order valence-corrected chi connectivity index (χ1v) is 7.59. The third kappa shape index (κ3) is 2.99. The molecule has 1 aliphatic rings. The molecule has 1 heterocycles. The first-order chi connectivity index (χ1) is 11.5. The van der Waals surface area contributed by atoms with E-state index in [4.69, 9.17) is 5.73 Å². The number of carbonyl (C=O) groups is 2. The molecule has 0 aliphatic carbocycles. The number of benzene rings is 2. The zero-order valence-electron chi connectivity index (χ0n) is 12.8. The van der Waals surface area contributed by atoms with Gasteiger partial charge in [-0.1, -0.05) is 18.2 Å². The summed E-state index contributed by atoms with van der Waals surface area (Å²) in [4.78, 5) is 25.3. The van der Waals surface area contributed by atoms with E-state index < -0.39 is 17.8 Å². The SMILES string of the molecule is NC(=O)CCC1c2c(F)cccc2C(=O)N1Cc1ccc(F)cc1. The molecule has 6 heteroatoms. The van der Waals surface area contributed by atoms with Gasteiger partial charge in [0.25, 0.3) is 5.91 Å². The second-order valence-corrected chi connectivity index (χ2v) is 5.78. The number of hydrogen-bond acceptors (Lipinski definition) is 2. The van der Waals surface area contributed by atoms with E-state index >= 15 is 0 Å². The fourth-order valence-electron chi connectivity index (χ4n) is 3.06. The second-order valence-electron chi connectivity index (χ2n) is 5.78. The largest absolute Gasteiger partial charge is 0.370 e. The van der Waals surface area contributed by atoms with Crippen LogP contribution in [0.2, 0.25) is 0 Å². The number of amides is 2. The Hall–Kier alpha value is -2.76. The molecule has 2 N–H and O–H groups in total. The van der Waals surface area contributed by atoms with E-state index in [0.717, 1.165) is 5.56 Å². The summed E-state index contributed by atoms with van der Waals surface area (Å²) < 4.78 is 27.3. The summed E-state index contributed by atoms with van der Waals surface area (Å²) in [5.74, 6) is -1.65. The minimum absolute atomic E-state index is 0.0473. The Balaban J connectivity index is 1.94. The number of halogens is 2. The normalized spacial score (nSPS) is 16.3. The van der Waals surface area contributed by atoms with Gasteiger partial charge in [-0.05, 0) is 36.2 Å². The molecule has 24 heavy (non-hydrogen) atoms. The maximum atomic E-state index is 14.3. The minimum atomic E-state index is -0.564. The molecule has 2 aromatic rings. The zero-order valence-corrected chi connectivity index (χ0v) is 12.8. The quantitative estimate of drug-likeness (QED) is 0.916. The number of fused-ring (bicyclic) bond motifs is 1. The molecule has 1 unspecified atom stereocenters. The van der Waals surface area contributed by atoms with Gasteiger partial charge in [0.15, 0.2) is 0 Å². The molecule has 2 amide bonds. The first-order valence-electron chi connectivity index (χ1n) is 7.59. The molecule has 0 bridgehead atoms. The lowest BCUT2D eigenvalue weighted by atomic mass is 9.99. The average molecular weight is 330 g/mol. The van der Waals surface area contributed by atoms with Crippen LogP contribution < -0.4 is 5.73 Å². The van der Waals surface area contributed by atoms with E-state index in [0.29, 0.717) is 11.1 Å². The molecule has 0 saturated carbocycles. The Morgan fingerprint density at radius 1 is 1.12 bits per heavy atom. The van der Waals surface area contributed by atoms with Crippen LogP contribution in [0.3, 0.4) is 0 Å². The van der Waals surface area contributed by atoms with Gasteiger partial charge in [0.05, 0.1) is 6.04 Å². The molecule has 1 aliphatic heterocycles. The van der Waals surface area contributed by atoms with Gasteiger partial charge in [0.1, 0.15) is 11.6 Å². The molecule has 0 fully saturated rings. The Labute approximate surface area is 137 Å². The van der Waals surface area contributed by atoms with Gasteiger partial charge in [-0.3, -0.25) is 9.59 Å². The van der Waals surface area contributed by atoms with Gasteiger partial charge in [-0.25, -0.2) is 8.78 Å². The molecule has 3 rings (SSSR count). The summed E-state index contributed by atoms with van der Waals surface area (Å²) in [6.45, 7) is 0.205.